The second-order valence-electron chi connectivity index (χ2n) is 5.17. The van der Waals surface area contributed by atoms with Crippen molar-refractivity contribution in [3.63, 3.8) is 0 Å². The van der Waals surface area contributed by atoms with Gasteiger partial charge in [-0.05, 0) is 31.8 Å². The second kappa shape index (κ2) is 8.48. The summed E-state index contributed by atoms with van der Waals surface area (Å²) in [6, 6.07) is 4.31. The lowest BCUT2D eigenvalue weighted by Gasteiger charge is -2.23. The number of rotatable bonds is 8. The Bertz CT molecular complexity index is 511. The van der Waals surface area contributed by atoms with E-state index in [1.165, 1.54) is 10.4 Å². The van der Waals surface area contributed by atoms with Crippen molar-refractivity contribution in [3.05, 3.63) is 40.3 Å². The van der Waals surface area contributed by atoms with Gasteiger partial charge in [0.15, 0.2) is 5.16 Å². The molecule has 2 heterocycles. The maximum absolute atomic E-state index is 4.36. The monoisotopic (exact) mass is 322 g/mol. The third kappa shape index (κ3) is 5.74. The minimum atomic E-state index is 0.830. The van der Waals surface area contributed by atoms with Crippen LogP contribution in [0.3, 0.4) is 0 Å². The van der Waals surface area contributed by atoms with E-state index in [1.54, 1.807) is 11.8 Å². The van der Waals surface area contributed by atoms with Crippen LogP contribution in [0, 0.1) is 0 Å². The molecule has 0 fully saturated rings. The number of aromatic nitrogens is 2. The zero-order valence-corrected chi connectivity index (χ0v) is 14.5. The fourth-order valence-electron chi connectivity index (χ4n) is 1.97. The van der Waals surface area contributed by atoms with Crippen molar-refractivity contribution in [2.75, 3.05) is 33.4 Å². The fraction of sp³-hybridized carbons (Fsp3) is 0.467. The SMILES string of the molecule is CSc1ncc(CN(CCN(C)C)Cc2cccs2)cn1. The Hall–Kier alpha value is -0.950. The van der Waals surface area contributed by atoms with Crippen LogP contribution >= 0.6 is 23.1 Å². The van der Waals surface area contributed by atoms with Gasteiger partial charge in [0.25, 0.3) is 0 Å². The number of hydrogen-bond acceptors (Lipinski definition) is 6. The molecule has 0 saturated carbocycles. The Morgan fingerprint density at radius 3 is 2.48 bits per heavy atom. The molecule has 0 aliphatic rings. The molecule has 6 heteroatoms. The first-order chi connectivity index (χ1) is 10.2. The first kappa shape index (κ1) is 16.4. The average Bonchev–Trinajstić information content (AvgIpc) is 2.98. The van der Waals surface area contributed by atoms with Crippen molar-refractivity contribution in [1.29, 1.82) is 0 Å². The van der Waals surface area contributed by atoms with Crippen molar-refractivity contribution >= 4 is 23.1 Å². The van der Waals surface area contributed by atoms with Gasteiger partial charge in [0, 0.05) is 49.0 Å². The maximum atomic E-state index is 4.36. The van der Waals surface area contributed by atoms with E-state index < -0.39 is 0 Å². The predicted molar refractivity (Wildman–Crippen MR) is 90.8 cm³/mol. The fourth-order valence-corrected chi connectivity index (χ4v) is 3.03. The average molecular weight is 323 g/mol. The van der Waals surface area contributed by atoms with Gasteiger partial charge >= 0.3 is 0 Å². The molecule has 0 unspecified atom stereocenters. The quantitative estimate of drug-likeness (QED) is 0.551. The normalized spacial score (nSPS) is 11.5. The van der Waals surface area contributed by atoms with Crippen LogP contribution < -0.4 is 0 Å². The molecule has 0 atom stereocenters. The van der Waals surface area contributed by atoms with Crippen molar-refractivity contribution in [2.24, 2.45) is 0 Å². The second-order valence-corrected chi connectivity index (χ2v) is 6.98. The minimum absolute atomic E-state index is 0.830. The Morgan fingerprint density at radius 2 is 1.90 bits per heavy atom. The summed E-state index contributed by atoms with van der Waals surface area (Å²) in [4.78, 5) is 14.8. The van der Waals surface area contributed by atoms with Gasteiger partial charge in [-0.1, -0.05) is 17.8 Å². The van der Waals surface area contributed by atoms with Crippen molar-refractivity contribution in [2.45, 2.75) is 18.2 Å². The van der Waals surface area contributed by atoms with E-state index in [0.29, 0.717) is 0 Å². The maximum Gasteiger partial charge on any atom is 0.187 e. The lowest BCUT2D eigenvalue weighted by atomic mass is 10.3. The van der Waals surface area contributed by atoms with Gasteiger partial charge in [-0.25, -0.2) is 9.97 Å². The molecular weight excluding hydrogens is 300 g/mol. The molecule has 0 radical (unpaired) electrons. The Kier molecular flexibility index (Phi) is 6.63. The molecule has 0 aromatic carbocycles. The Morgan fingerprint density at radius 1 is 1.14 bits per heavy atom. The van der Waals surface area contributed by atoms with Gasteiger partial charge in [-0.15, -0.1) is 11.3 Å². The molecule has 0 spiro atoms. The van der Waals surface area contributed by atoms with Gasteiger partial charge in [0.1, 0.15) is 0 Å². The highest BCUT2D eigenvalue weighted by Gasteiger charge is 2.09. The van der Waals surface area contributed by atoms with Crippen LogP contribution in [-0.2, 0) is 13.1 Å². The van der Waals surface area contributed by atoms with E-state index in [2.05, 4.69) is 51.4 Å². The van der Waals surface area contributed by atoms with Crippen molar-refractivity contribution in [1.82, 2.24) is 19.8 Å². The highest BCUT2D eigenvalue weighted by atomic mass is 32.2. The summed E-state index contributed by atoms with van der Waals surface area (Å²) in [5.74, 6) is 0. The minimum Gasteiger partial charge on any atom is -0.308 e. The zero-order chi connectivity index (χ0) is 15.1. The Balaban J connectivity index is 1.99. The van der Waals surface area contributed by atoms with Crippen LogP contribution in [-0.4, -0.2) is 53.2 Å². The number of likely N-dealkylation sites (N-methyl/N-ethyl adjacent to an activating group) is 1. The summed E-state index contributed by atoms with van der Waals surface area (Å²) in [6.07, 6.45) is 5.88. The van der Waals surface area contributed by atoms with Gasteiger partial charge in [-0.3, -0.25) is 4.90 Å². The largest absolute Gasteiger partial charge is 0.308 e. The topological polar surface area (TPSA) is 32.3 Å². The van der Waals surface area contributed by atoms with Crippen LogP contribution in [0.15, 0.2) is 35.1 Å². The van der Waals surface area contributed by atoms with E-state index in [-0.39, 0.29) is 0 Å². The van der Waals surface area contributed by atoms with E-state index in [1.807, 2.05) is 30.0 Å². The smallest absolute Gasteiger partial charge is 0.187 e. The third-order valence-corrected chi connectivity index (χ3v) is 4.53. The third-order valence-electron chi connectivity index (χ3n) is 3.09. The van der Waals surface area contributed by atoms with E-state index in [4.69, 9.17) is 0 Å². The van der Waals surface area contributed by atoms with Crippen molar-refractivity contribution < 1.29 is 0 Å². The molecule has 2 aromatic rings. The molecular formula is C15H22N4S2. The van der Waals surface area contributed by atoms with Crippen LogP contribution in [0.5, 0.6) is 0 Å². The molecule has 0 bridgehead atoms. The molecule has 4 nitrogen and oxygen atoms in total. The molecule has 21 heavy (non-hydrogen) atoms. The molecule has 0 amide bonds. The summed E-state index contributed by atoms with van der Waals surface area (Å²) < 4.78 is 0. The standard InChI is InChI=1S/C15H22N4S2/c1-18(2)6-7-19(12-14-5-4-8-21-14)11-13-9-16-15(20-3)17-10-13/h4-5,8-10H,6-7,11-12H2,1-3H3. The summed E-state index contributed by atoms with van der Waals surface area (Å²) in [6.45, 7) is 3.96. The van der Waals surface area contributed by atoms with E-state index in [0.717, 1.165) is 31.3 Å². The van der Waals surface area contributed by atoms with Crippen molar-refractivity contribution in [3.8, 4) is 0 Å². The molecule has 0 N–H and O–H groups in total. The number of nitrogens with zero attached hydrogens (tertiary/aromatic N) is 4. The molecule has 0 saturated heterocycles. The summed E-state index contributed by atoms with van der Waals surface area (Å²) in [5, 5.41) is 2.97. The molecule has 0 aliphatic heterocycles. The van der Waals surface area contributed by atoms with E-state index >= 15 is 0 Å². The van der Waals surface area contributed by atoms with Crippen LogP contribution in [0.1, 0.15) is 10.4 Å². The summed E-state index contributed by atoms with van der Waals surface area (Å²) in [5.41, 5.74) is 1.17. The highest BCUT2D eigenvalue weighted by molar-refractivity contribution is 7.98. The first-order valence-electron chi connectivity index (χ1n) is 6.91. The lowest BCUT2D eigenvalue weighted by Crippen LogP contribution is -2.31. The van der Waals surface area contributed by atoms with Crippen LogP contribution in [0.2, 0.25) is 0 Å². The van der Waals surface area contributed by atoms with Gasteiger partial charge in [0.2, 0.25) is 0 Å². The Labute approximate surface area is 135 Å². The summed E-state index contributed by atoms with van der Waals surface area (Å²) >= 11 is 3.39. The number of thioether (sulfide) groups is 1. The molecule has 114 valence electrons. The first-order valence-corrected chi connectivity index (χ1v) is 9.02. The highest BCUT2D eigenvalue weighted by Crippen LogP contribution is 2.14. The van der Waals surface area contributed by atoms with Gasteiger partial charge in [0.05, 0.1) is 0 Å². The zero-order valence-electron chi connectivity index (χ0n) is 12.8. The summed E-state index contributed by atoms with van der Waals surface area (Å²) in [7, 11) is 4.22. The van der Waals surface area contributed by atoms with Crippen LogP contribution in [0.25, 0.3) is 0 Å². The number of hydrogen-bond donors (Lipinski definition) is 0. The predicted octanol–water partition coefficient (Wildman–Crippen LogP) is 2.82. The molecule has 0 aliphatic carbocycles. The van der Waals surface area contributed by atoms with Crippen LogP contribution in [0.4, 0.5) is 0 Å². The number of thiophene rings is 1. The van der Waals surface area contributed by atoms with E-state index in [9.17, 15) is 0 Å². The van der Waals surface area contributed by atoms with Gasteiger partial charge < -0.3 is 4.90 Å². The van der Waals surface area contributed by atoms with Gasteiger partial charge in [-0.2, -0.15) is 0 Å². The molecule has 2 rings (SSSR count). The lowest BCUT2D eigenvalue weighted by molar-refractivity contribution is 0.227. The molecule has 2 aromatic heterocycles.